The van der Waals surface area contributed by atoms with E-state index in [2.05, 4.69) is 0 Å². The van der Waals surface area contributed by atoms with E-state index >= 15 is 0 Å². The van der Waals surface area contributed by atoms with Gasteiger partial charge >= 0.3 is 0 Å². The summed E-state index contributed by atoms with van der Waals surface area (Å²) in [5.74, 6) is 0.106. The summed E-state index contributed by atoms with van der Waals surface area (Å²) in [6.07, 6.45) is 1.43. The Labute approximate surface area is 192 Å². The fraction of sp³-hybridized carbons (Fsp3) is 0.200. The zero-order valence-corrected chi connectivity index (χ0v) is 18.9. The summed E-state index contributed by atoms with van der Waals surface area (Å²) in [7, 11) is -3.58. The molecule has 0 saturated carbocycles. The molecule has 0 amide bonds. The van der Waals surface area contributed by atoms with Gasteiger partial charge in [0.2, 0.25) is 10.0 Å². The molecule has 33 heavy (non-hydrogen) atoms. The second-order valence-electron chi connectivity index (χ2n) is 7.55. The molecule has 0 radical (unpaired) electrons. The Morgan fingerprint density at radius 1 is 0.909 bits per heavy atom. The minimum atomic E-state index is -3.58. The Hall–Kier alpha value is -3.33. The third-order valence-electron chi connectivity index (χ3n) is 5.32. The van der Waals surface area contributed by atoms with Crippen LogP contribution in [0, 0.1) is 0 Å². The van der Waals surface area contributed by atoms with Crippen LogP contribution in [0.3, 0.4) is 0 Å². The number of carbonyl (C=O) groups excluding carboxylic acids is 2. The Kier molecular flexibility index (Phi) is 6.69. The molecule has 0 spiro atoms. The number of allylic oxidation sites excluding steroid dienone is 1. The first-order chi connectivity index (χ1) is 15.9. The van der Waals surface area contributed by atoms with Crippen molar-refractivity contribution < 1.29 is 27.2 Å². The molecule has 170 valence electrons. The maximum atomic E-state index is 12.8. The van der Waals surface area contributed by atoms with Gasteiger partial charge in [0.25, 0.3) is 0 Å². The van der Waals surface area contributed by atoms with Crippen LogP contribution in [-0.4, -0.2) is 50.6 Å². The summed E-state index contributed by atoms with van der Waals surface area (Å²) >= 11 is 0. The van der Waals surface area contributed by atoms with Crippen LogP contribution in [0.2, 0.25) is 0 Å². The van der Waals surface area contributed by atoms with E-state index in [1.807, 2.05) is 0 Å². The number of hydrogen-bond donors (Lipinski definition) is 0. The first kappa shape index (κ1) is 22.8. The van der Waals surface area contributed by atoms with Gasteiger partial charge in [-0.15, -0.1) is 0 Å². The number of furan rings is 1. The minimum Gasteiger partial charge on any atom is -0.457 e. The van der Waals surface area contributed by atoms with E-state index in [1.54, 1.807) is 54.6 Å². The van der Waals surface area contributed by atoms with Crippen LogP contribution >= 0.6 is 0 Å². The van der Waals surface area contributed by atoms with E-state index in [9.17, 15) is 18.0 Å². The van der Waals surface area contributed by atoms with Crippen molar-refractivity contribution >= 4 is 27.7 Å². The van der Waals surface area contributed by atoms with Crippen LogP contribution in [0.15, 0.2) is 81.6 Å². The molecule has 1 aliphatic heterocycles. The molecule has 1 saturated heterocycles. The highest BCUT2D eigenvalue weighted by Gasteiger charge is 2.26. The van der Waals surface area contributed by atoms with E-state index in [-0.39, 0.29) is 22.0 Å². The highest BCUT2D eigenvalue weighted by Crippen LogP contribution is 2.26. The maximum absolute atomic E-state index is 12.8. The number of ether oxygens (including phenoxy) is 1. The van der Waals surface area contributed by atoms with Crippen molar-refractivity contribution in [1.82, 2.24) is 4.31 Å². The van der Waals surface area contributed by atoms with Gasteiger partial charge in [0, 0.05) is 24.2 Å². The molecule has 0 N–H and O–H groups in total. The van der Waals surface area contributed by atoms with Gasteiger partial charge < -0.3 is 9.15 Å². The summed E-state index contributed by atoms with van der Waals surface area (Å²) in [5, 5.41) is 0. The average Bonchev–Trinajstić information content (AvgIpc) is 3.32. The third-order valence-corrected chi connectivity index (χ3v) is 7.23. The van der Waals surface area contributed by atoms with Crippen LogP contribution in [0.4, 0.5) is 0 Å². The van der Waals surface area contributed by atoms with Crippen LogP contribution in [0.25, 0.3) is 17.4 Å². The Morgan fingerprint density at radius 2 is 1.58 bits per heavy atom. The fourth-order valence-electron chi connectivity index (χ4n) is 3.53. The lowest BCUT2D eigenvalue weighted by atomic mass is 10.00. The van der Waals surface area contributed by atoms with Crippen molar-refractivity contribution in [1.29, 1.82) is 0 Å². The molecule has 0 atom stereocenters. The number of sulfonamides is 1. The van der Waals surface area contributed by atoms with Gasteiger partial charge in [-0.25, -0.2) is 8.42 Å². The van der Waals surface area contributed by atoms with E-state index in [0.717, 1.165) is 0 Å². The van der Waals surface area contributed by atoms with Crippen molar-refractivity contribution in [2.24, 2.45) is 0 Å². The monoisotopic (exact) mass is 465 g/mol. The van der Waals surface area contributed by atoms with Gasteiger partial charge in [-0.2, -0.15) is 4.31 Å². The Morgan fingerprint density at radius 3 is 2.21 bits per heavy atom. The summed E-state index contributed by atoms with van der Waals surface area (Å²) in [5.41, 5.74) is 1.12. The average molecular weight is 466 g/mol. The van der Waals surface area contributed by atoms with Crippen LogP contribution < -0.4 is 0 Å². The number of ketones is 2. The van der Waals surface area contributed by atoms with Gasteiger partial charge in [-0.3, -0.25) is 9.59 Å². The number of rotatable bonds is 7. The summed E-state index contributed by atoms with van der Waals surface area (Å²) < 4.78 is 38.0. The number of nitrogens with zero attached hydrogens (tertiary/aromatic N) is 1. The molecule has 0 unspecified atom stereocenters. The van der Waals surface area contributed by atoms with Crippen LogP contribution in [-0.2, 0) is 19.6 Å². The standard InChI is InChI=1S/C25H23NO6S/c1-18(27)23(25(28)20-5-3-2-4-6-20)17-21-9-12-24(32-21)19-7-10-22(11-8-19)33(29,30)26-13-15-31-16-14-26/h2-12,17H,13-16H2,1H3. The summed E-state index contributed by atoms with van der Waals surface area (Å²) in [4.78, 5) is 25.0. The lowest BCUT2D eigenvalue weighted by molar-refractivity contribution is -0.113. The van der Waals surface area contributed by atoms with Gasteiger partial charge in [-0.05, 0) is 49.4 Å². The van der Waals surface area contributed by atoms with E-state index < -0.39 is 10.0 Å². The Bertz CT molecular complexity index is 1280. The SMILES string of the molecule is CC(=O)C(=Cc1ccc(-c2ccc(S(=O)(=O)N3CCOCC3)cc2)o1)C(=O)c1ccccc1. The van der Waals surface area contributed by atoms with Gasteiger partial charge in [-0.1, -0.05) is 30.3 Å². The molecule has 0 bridgehead atoms. The molecule has 1 aliphatic rings. The largest absolute Gasteiger partial charge is 0.457 e. The van der Waals surface area contributed by atoms with Crippen LogP contribution in [0.1, 0.15) is 23.0 Å². The predicted octanol–water partition coefficient (Wildman–Crippen LogP) is 3.82. The van der Waals surface area contributed by atoms with Gasteiger partial charge in [0.1, 0.15) is 11.5 Å². The van der Waals surface area contributed by atoms with Crippen molar-refractivity contribution in [3.8, 4) is 11.3 Å². The number of morpholine rings is 1. The second-order valence-corrected chi connectivity index (χ2v) is 9.49. The van der Waals surface area contributed by atoms with Crippen molar-refractivity contribution in [2.45, 2.75) is 11.8 Å². The topological polar surface area (TPSA) is 93.9 Å². The summed E-state index contributed by atoms with van der Waals surface area (Å²) in [6.45, 7) is 2.77. The number of hydrogen-bond acceptors (Lipinski definition) is 6. The highest BCUT2D eigenvalue weighted by molar-refractivity contribution is 7.89. The molecule has 1 aromatic heterocycles. The van der Waals surface area contributed by atoms with E-state index in [4.69, 9.17) is 9.15 Å². The molecule has 2 heterocycles. The first-order valence-electron chi connectivity index (χ1n) is 10.5. The number of benzene rings is 2. The highest BCUT2D eigenvalue weighted by atomic mass is 32.2. The number of carbonyl (C=O) groups is 2. The molecule has 8 heteroatoms. The molecule has 1 fully saturated rings. The Balaban J connectivity index is 1.56. The van der Waals surface area contributed by atoms with Crippen molar-refractivity contribution in [3.63, 3.8) is 0 Å². The van der Waals surface area contributed by atoms with Crippen LogP contribution in [0.5, 0.6) is 0 Å². The summed E-state index contributed by atoms with van der Waals surface area (Å²) in [6, 6.07) is 18.4. The quantitative estimate of drug-likeness (QED) is 0.228. The van der Waals surface area contributed by atoms with Gasteiger partial charge in [0.15, 0.2) is 11.6 Å². The molecule has 2 aromatic carbocycles. The first-order valence-corrected chi connectivity index (χ1v) is 11.9. The molecular formula is C25H23NO6S. The normalized spacial score (nSPS) is 15.4. The van der Waals surface area contributed by atoms with Crippen molar-refractivity contribution in [3.05, 3.63) is 83.6 Å². The lowest BCUT2D eigenvalue weighted by Crippen LogP contribution is -2.40. The fourth-order valence-corrected chi connectivity index (χ4v) is 4.94. The zero-order valence-electron chi connectivity index (χ0n) is 18.1. The van der Waals surface area contributed by atoms with E-state index in [0.29, 0.717) is 49.0 Å². The van der Waals surface area contributed by atoms with E-state index in [1.165, 1.54) is 29.4 Å². The second kappa shape index (κ2) is 9.66. The lowest BCUT2D eigenvalue weighted by Gasteiger charge is -2.26. The molecule has 7 nitrogen and oxygen atoms in total. The van der Waals surface area contributed by atoms with Crippen molar-refractivity contribution in [2.75, 3.05) is 26.3 Å². The zero-order chi connectivity index (χ0) is 23.4. The minimum absolute atomic E-state index is 0.0223. The molecule has 4 rings (SSSR count). The predicted molar refractivity (Wildman–Crippen MR) is 123 cm³/mol. The molecule has 0 aliphatic carbocycles. The maximum Gasteiger partial charge on any atom is 0.243 e. The number of Topliss-reactive ketones (excluding diaryl/α,β-unsaturated/α-hetero) is 2. The van der Waals surface area contributed by atoms with Gasteiger partial charge in [0.05, 0.1) is 23.7 Å². The smallest absolute Gasteiger partial charge is 0.243 e. The third kappa shape index (κ3) is 5.03. The molecule has 3 aromatic rings. The molecular weight excluding hydrogens is 442 g/mol.